The molecule has 0 atom stereocenters. The van der Waals surface area contributed by atoms with E-state index in [1.807, 2.05) is 13.8 Å². The minimum absolute atomic E-state index is 0.0777. The molecule has 2 aromatic carbocycles. The lowest BCUT2D eigenvalue weighted by Crippen LogP contribution is -2.02. The molecule has 0 aliphatic heterocycles. The number of nitrogens with zero attached hydrogens (tertiary/aromatic N) is 3. The number of aromatic nitrogens is 2. The molecule has 3 rings (SSSR count). The molecule has 0 aliphatic carbocycles. The standard InChI is InChI=1S/C19H15F2N3O/c1-12-17(11-25-19-9-15(20)5-8-18(19)21)13(2)24(23-12)16-6-3-14(10-22)4-7-16/h3-9H,11H2,1-2H3. The second-order valence-corrected chi connectivity index (χ2v) is 5.58. The fourth-order valence-corrected chi connectivity index (χ4v) is 2.55. The average Bonchev–Trinajstić information content (AvgIpc) is 2.90. The Hall–Kier alpha value is -3.20. The molecule has 25 heavy (non-hydrogen) atoms. The second-order valence-electron chi connectivity index (χ2n) is 5.58. The predicted molar refractivity (Wildman–Crippen MR) is 88.4 cm³/mol. The summed E-state index contributed by atoms with van der Waals surface area (Å²) in [5, 5.41) is 13.3. The molecule has 4 nitrogen and oxygen atoms in total. The molecule has 0 saturated carbocycles. The molecule has 0 unspecified atom stereocenters. The summed E-state index contributed by atoms with van der Waals surface area (Å²) in [6.07, 6.45) is 0. The zero-order valence-corrected chi connectivity index (χ0v) is 13.8. The smallest absolute Gasteiger partial charge is 0.165 e. The van der Waals surface area contributed by atoms with Gasteiger partial charge in [-0.1, -0.05) is 0 Å². The van der Waals surface area contributed by atoms with Crippen LogP contribution >= 0.6 is 0 Å². The molecule has 3 aromatic rings. The molecule has 0 fully saturated rings. The van der Waals surface area contributed by atoms with Crippen LogP contribution in [0.1, 0.15) is 22.5 Å². The van der Waals surface area contributed by atoms with E-state index in [1.54, 1.807) is 28.9 Å². The first-order valence-electron chi connectivity index (χ1n) is 7.63. The van der Waals surface area contributed by atoms with Gasteiger partial charge in [-0.2, -0.15) is 10.4 Å². The SMILES string of the molecule is Cc1nn(-c2ccc(C#N)cc2)c(C)c1COc1cc(F)ccc1F. The summed E-state index contributed by atoms with van der Waals surface area (Å²) < 4.78 is 34.1. The first-order valence-corrected chi connectivity index (χ1v) is 7.63. The van der Waals surface area contributed by atoms with Crippen molar-refractivity contribution in [3.05, 3.63) is 76.6 Å². The van der Waals surface area contributed by atoms with Crippen LogP contribution in [0, 0.1) is 36.8 Å². The van der Waals surface area contributed by atoms with Gasteiger partial charge in [0.25, 0.3) is 0 Å². The highest BCUT2D eigenvalue weighted by Crippen LogP contribution is 2.23. The lowest BCUT2D eigenvalue weighted by molar-refractivity contribution is 0.287. The lowest BCUT2D eigenvalue weighted by Gasteiger charge is -2.08. The Labute approximate surface area is 143 Å². The molecule has 6 heteroatoms. The number of hydrogen-bond acceptors (Lipinski definition) is 3. The van der Waals surface area contributed by atoms with Gasteiger partial charge in [0.2, 0.25) is 0 Å². The van der Waals surface area contributed by atoms with Gasteiger partial charge in [-0.3, -0.25) is 0 Å². The third kappa shape index (κ3) is 3.36. The van der Waals surface area contributed by atoms with Crippen LogP contribution in [0.15, 0.2) is 42.5 Å². The van der Waals surface area contributed by atoms with Gasteiger partial charge in [-0.25, -0.2) is 13.5 Å². The van der Waals surface area contributed by atoms with Crippen molar-refractivity contribution < 1.29 is 13.5 Å². The third-order valence-electron chi connectivity index (χ3n) is 3.95. The Bertz CT molecular complexity index is 956. The Kier molecular flexibility index (Phi) is 4.48. The highest BCUT2D eigenvalue weighted by atomic mass is 19.1. The quantitative estimate of drug-likeness (QED) is 0.715. The topological polar surface area (TPSA) is 50.8 Å². The largest absolute Gasteiger partial charge is 0.486 e. The molecular formula is C19H15F2N3O. The number of nitriles is 1. The molecule has 0 bridgehead atoms. The van der Waals surface area contributed by atoms with Crippen molar-refractivity contribution in [1.29, 1.82) is 5.26 Å². The van der Waals surface area contributed by atoms with Crippen molar-refractivity contribution in [2.24, 2.45) is 0 Å². The first kappa shape index (κ1) is 16.7. The van der Waals surface area contributed by atoms with Crippen LogP contribution in [0.2, 0.25) is 0 Å². The van der Waals surface area contributed by atoms with Gasteiger partial charge >= 0.3 is 0 Å². The maximum absolute atomic E-state index is 13.7. The molecule has 0 saturated heterocycles. The van der Waals surface area contributed by atoms with Crippen LogP contribution < -0.4 is 4.74 Å². The highest BCUT2D eigenvalue weighted by Gasteiger charge is 2.14. The summed E-state index contributed by atoms with van der Waals surface area (Å²) >= 11 is 0. The van der Waals surface area contributed by atoms with Crippen molar-refractivity contribution in [3.8, 4) is 17.5 Å². The summed E-state index contributed by atoms with van der Waals surface area (Å²) in [6, 6.07) is 12.2. The molecule has 0 N–H and O–H groups in total. The maximum Gasteiger partial charge on any atom is 0.165 e. The van der Waals surface area contributed by atoms with Gasteiger partial charge in [0.15, 0.2) is 11.6 Å². The minimum atomic E-state index is -0.615. The van der Waals surface area contributed by atoms with E-state index in [0.29, 0.717) is 5.56 Å². The van der Waals surface area contributed by atoms with E-state index in [-0.39, 0.29) is 12.4 Å². The predicted octanol–water partition coefficient (Wildman–Crippen LogP) is 4.22. The van der Waals surface area contributed by atoms with E-state index < -0.39 is 11.6 Å². The molecule has 1 aromatic heterocycles. The number of ether oxygens (including phenoxy) is 1. The lowest BCUT2D eigenvalue weighted by atomic mass is 10.2. The van der Waals surface area contributed by atoms with Crippen LogP contribution in [0.4, 0.5) is 8.78 Å². The molecule has 126 valence electrons. The van der Waals surface area contributed by atoms with Crippen molar-refractivity contribution in [2.45, 2.75) is 20.5 Å². The third-order valence-corrected chi connectivity index (χ3v) is 3.95. The van der Waals surface area contributed by atoms with Gasteiger partial charge in [-0.05, 0) is 50.2 Å². The average molecular weight is 339 g/mol. The summed E-state index contributed by atoms with van der Waals surface area (Å²) in [5.74, 6) is -1.31. The zero-order valence-electron chi connectivity index (χ0n) is 13.8. The van der Waals surface area contributed by atoms with Crippen LogP contribution in [0.25, 0.3) is 5.69 Å². The molecular weight excluding hydrogens is 324 g/mol. The van der Waals surface area contributed by atoms with Crippen LogP contribution in [-0.4, -0.2) is 9.78 Å². The zero-order chi connectivity index (χ0) is 18.0. The van der Waals surface area contributed by atoms with Gasteiger partial charge < -0.3 is 4.74 Å². The van der Waals surface area contributed by atoms with Gasteiger partial charge in [0, 0.05) is 17.3 Å². The van der Waals surface area contributed by atoms with Crippen molar-refractivity contribution in [3.63, 3.8) is 0 Å². The van der Waals surface area contributed by atoms with E-state index in [2.05, 4.69) is 11.2 Å². The number of halogens is 2. The van der Waals surface area contributed by atoms with E-state index in [9.17, 15) is 8.78 Å². The first-order chi connectivity index (χ1) is 12.0. The maximum atomic E-state index is 13.7. The van der Waals surface area contributed by atoms with Crippen molar-refractivity contribution in [2.75, 3.05) is 0 Å². The van der Waals surface area contributed by atoms with Crippen LogP contribution in [0.5, 0.6) is 5.75 Å². The summed E-state index contributed by atoms with van der Waals surface area (Å²) in [7, 11) is 0. The normalized spacial score (nSPS) is 10.5. The Balaban J connectivity index is 1.86. The number of benzene rings is 2. The van der Waals surface area contributed by atoms with Gasteiger partial charge in [0.1, 0.15) is 12.4 Å². The summed E-state index contributed by atoms with van der Waals surface area (Å²) in [6.45, 7) is 3.78. The second kappa shape index (κ2) is 6.73. The van der Waals surface area contributed by atoms with E-state index >= 15 is 0 Å². The number of hydrogen-bond donors (Lipinski definition) is 0. The molecule has 0 spiro atoms. The fourth-order valence-electron chi connectivity index (χ4n) is 2.55. The van der Waals surface area contributed by atoms with Gasteiger partial charge in [0.05, 0.1) is 23.0 Å². The van der Waals surface area contributed by atoms with E-state index in [4.69, 9.17) is 10.00 Å². The van der Waals surface area contributed by atoms with Crippen LogP contribution in [0.3, 0.4) is 0 Å². The van der Waals surface area contributed by atoms with Crippen LogP contribution in [-0.2, 0) is 6.61 Å². The molecule has 0 aliphatic rings. The Morgan fingerprint density at radius 1 is 1.12 bits per heavy atom. The summed E-state index contributed by atoms with van der Waals surface area (Å²) in [5.41, 5.74) is 3.74. The van der Waals surface area contributed by atoms with E-state index in [1.165, 1.54) is 0 Å². The monoisotopic (exact) mass is 339 g/mol. The minimum Gasteiger partial charge on any atom is -0.486 e. The van der Waals surface area contributed by atoms with Crippen molar-refractivity contribution in [1.82, 2.24) is 9.78 Å². The molecule has 0 amide bonds. The molecule has 0 radical (unpaired) electrons. The van der Waals surface area contributed by atoms with E-state index in [0.717, 1.165) is 40.8 Å². The Morgan fingerprint density at radius 3 is 2.52 bits per heavy atom. The Morgan fingerprint density at radius 2 is 1.84 bits per heavy atom. The highest BCUT2D eigenvalue weighted by molar-refractivity contribution is 5.41. The summed E-state index contributed by atoms with van der Waals surface area (Å²) in [4.78, 5) is 0. The fraction of sp³-hybridized carbons (Fsp3) is 0.158. The van der Waals surface area contributed by atoms with Gasteiger partial charge in [-0.15, -0.1) is 0 Å². The molecule has 1 heterocycles. The number of rotatable bonds is 4. The number of aryl methyl sites for hydroxylation is 1. The van der Waals surface area contributed by atoms with Crippen molar-refractivity contribution >= 4 is 0 Å².